The van der Waals surface area contributed by atoms with Crippen LogP contribution in [-0.4, -0.2) is 12.1 Å². The molecular formula is C13H14N2O2. The summed E-state index contributed by atoms with van der Waals surface area (Å²) in [6.07, 6.45) is 1.63. The van der Waals surface area contributed by atoms with Crippen LogP contribution in [0.3, 0.4) is 0 Å². The molecule has 0 aliphatic heterocycles. The number of anilines is 1. The fourth-order valence-electron chi connectivity index (χ4n) is 1.45. The number of aromatic nitrogens is 1. The van der Waals surface area contributed by atoms with Gasteiger partial charge in [0.2, 0.25) is 0 Å². The zero-order valence-corrected chi connectivity index (χ0v) is 9.59. The topological polar surface area (TPSA) is 57.4 Å². The van der Waals surface area contributed by atoms with E-state index in [1.54, 1.807) is 25.4 Å². The van der Waals surface area contributed by atoms with Gasteiger partial charge in [0.1, 0.15) is 12.4 Å². The lowest BCUT2D eigenvalue weighted by Crippen LogP contribution is -2.00. The van der Waals surface area contributed by atoms with Gasteiger partial charge >= 0.3 is 0 Å². The highest BCUT2D eigenvalue weighted by Crippen LogP contribution is 2.19. The number of pyridine rings is 1. The summed E-state index contributed by atoms with van der Waals surface area (Å²) in [6, 6.07) is 11.3. The zero-order valence-electron chi connectivity index (χ0n) is 9.59. The van der Waals surface area contributed by atoms with Crippen LogP contribution in [-0.2, 0) is 6.61 Å². The Kier molecular flexibility index (Phi) is 3.45. The first kappa shape index (κ1) is 11.3. The van der Waals surface area contributed by atoms with Crippen LogP contribution in [0.15, 0.2) is 42.6 Å². The molecule has 4 nitrogen and oxygen atoms in total. The predicted molar refractivity (Wildman–Crippen MR) is 66.0 cm³/mol. The monoisotopic (exact) mass is 230 g/mol. The first-order valence-electron chi connectivity index (χ1n) is 5.26. The average molecular weight is 230 g/mol. The number of benzene rings is 1. The lowest BCUT2D eigenvalue weighted by atomic mass is 10.2. The summed E-state index contributed by atoms with van der Waals surface area (Å²) in [5.41, 5.74) is 6.70. The number of nitrogens with zero attached hydrogens (tertiary/aromatic N) is 1. The summed E-state index contributed by atoms with van der Waals surface area (Å²) in [5.74, 6) is 1.80. The molecule has 1 aromatic carbocycles. The van der Waals surface area contributed by atoms with E-state index in [1.165, 1.54) is 0 Å². The summed E-state index contributed by atoms with van der Waals surface area (Å²) in [7, 11) is 1.64. The molecule has 2 N–H and O–H groups in total. The van der Waals surface area contributed by atoms with Gasteiger partial charge in [-0.2, -0.15) is 0 Å². The first-order valence-corrected chi connectivity index (χ1v) is 5.26. The van der Waals surface area contributed by atoms with Crippen molar-refractivity contribution >= 4 is 5.82 Å². The zero-order chi connectivity index (χ0) is 12.1. The standard InChI is InChI=1S/C13H14N2O2/c1-16-11-5-2-4-10(8-11)9-17-12-6-3-7-15-13(12)14/h2-8H,9H2,1H3,(H2,14,15). The van der Waals surface area contributed by atoms with Crippen LogP contribution in [0.4, 0.5) is 5.82 Å². The quantitative estimate of drug-likeness (QED) is 0.875. The molecule has 17 heavy (non-hydrogen) atoms. The Morgan fingerprint density at radius 2 is 2.12 bits per heavy atom. The summed E-state index contributed by atoms with van der Waals surface area (Å²) in [4.78, 5) is 3.95. The Morgan fingerprint density at radius 1 is 1.24 bits per heavy atom. The van der Waals surface area contributed by atoms with Gasteiger partial charge in [0.25, 0.3) is 0 Å². The molecule has 2 rings (SSSR count). The van der Waals surface area contributed by atoms with Gasteiger partial charge in [0, 0.05) is 6.20 Å². The van der Waals surface area contributed by atoms with Crippen molar-refractivity contribution in [2.24, 2.45) is 0 Å². The Hall–Kier alpha value is -2.23. The molecule has 0 bridgehead atoms. The molecule has 4 heteroatoms. The molecule has 0 amide bonds. The maximum atomic E-state index is 5.68. The first-order chi connectivity index (χ1) is 8.29. The van der Waals surface area contributed by atoms with E-state index in [2.05, 4.69) is 4.98 Å². The van der Waals surface area contributed by atoms with Gasteiger partial charge in [0.15, 0.2) is 11.6 Å². The Labute approximate surface area is 100 Å². The van der Waals surface area contributed by atoms with Crippen molar-refractivity contribution in [2.45, 2.75) is 6.61 Å². The number of nitrogen functional groups attached to an aromatic ring is 1. The summed E-state index contributed by atoms with van der Waals surface area (Å²) < 4.78 is 10.7. The average Bonchev–Trinajstić information content (AvgIpc) is 2.38. The van der Waals surface area contributed by atoms with Gasteiger partial charge in [-0.05, 0) is 29.8 Å². The molecule has 2 aromatic rings. The van der Waals surface area contributed by atoms with E-state index in [0.29, 0.717) is 18.2 Å². The van der Waals surface area contributed by atoms with Gasteiger partial charge in [-0.1, -0.05) is 12.1 Å². The maximum Gasteiger partial charge on any atom is 0.166 e. The molecule has 0 fully saturated rings. The fraction of sp³-hybridized carbons (Fsp3) is 0.154. The third-order valence-corrected chi connectivity index (χ3v) is 2.33. The van der Waals surface area contributed by atoms with Gasteiger partial charge < -0.3 is 15.2 Å². The second-order valence-electron chi connectivity index (χ2n) is 3.53. The molecule has 88 valence electrons. The number of rotatable bonds is 4. The van der Waals surface area contributed by atoms with Crippen molar-refractivity contribution in [1.29, 1.82) is 0 Å². The molecule has 0 spiro atoms. The van der Waals surface area contributed by atoms with Crippen molar-refractivity contribution in [1.82, 2.24) is 4.98 Å². The predicted octanol–water partition coefficient (Wildman–Crippen LogP) is 2.25. The minimum absolute atomic E-state index is 0.399. The molecule has 0 saturated heterocycles. The van der Waals surface area contributed by atoms with Gasteiger partial charge in [-0.25, -0.2) is 4.98 Å². The van der Waals surface area contributed by atoms with E-state index in [0.717, 1.165) is 11.3 Å². The van der Waals surface area contributed by atoms with Crippen molar-refractivity contribution in [3.8, 4) is 11.5 Å². The van der Waals surface area contributed by atoms with Crippen LogP contribution in [0.25, 0.3) is 0 Å². The Bertz CT molecular complexity index is 500. The van der Waals surface area contributed by atoms with Crippen molar-refractivity contribution in [2.75, 3.05) is 12.8 Å². The highest BCUT2D eigenvalue weighted by Gasteiger charge is 2.01. The highest BCUT2D eigenvalue weighted by molar-refractivity contribution is 5.44. The van der Waals surface area contributed by atoms with E-state index >= 15 is 0 Å². The highest BCUT2D eigenvalue weighted by atomic mass is 16.5. The van der Waals surface area contributed by atoms with Gasteiger partial charge in [0.05, 0.1) is 7.11 Å². The molecule has 0 unspecified atom stereocenters. The van der Waals surface area contributed by atoms with Crippen LogP contribution in [0.1, 0.15) is 5.56 Å². The van der Waals surface area contributed by atoms with E-state index in [-0.39, 0.29) is 0 Å². The van der Waals surface area contributed by atoms with Gasteiger partial charge in [-0.3, -0.25) is 0 Å². The van der Waals surface area contributed by atoms with Crippen molar-refractivity contribution in [3.05, 3.63) is 48.2 Å². The molecule has 0 aliphatic carbocycles. The van der Waals surface area contributed by atoms with Gasteiger partial charge in [-0.15, -0.1) is 0 Å². The minimum atomic E-state index is 0.399. The number of ether oxygens (including phenoxy) is 2. The van der Waals surface area contributed by atoms with Crippen molar-refractivity contribution in [3.63, 3.8) is 0 Å². The largest absolute Gasteiger partial charge is 0.497 e. The third-order valence-electron chi connectivity index (χ3n) is 2.33. The van der Waals surface area contributed by atoms with E-state index in [4.69, 9.17) is 15.2 Å². The van der Waals surface area contributed by atoms with Crippen LogP contribution in [0.5, 0.6) is 11.5 Å². The van der Waals surface area contributed by atoms with Crippen LogP contribution in [0, 0.1) is 0 Å². The van der Waals surface area contributed by atoms with Crippen molar-refractivity contribution < 1.29 is 9.47 Å². The van der Waals surface area contributed by atoms with E-state index < -0.39 is 0 Å². The third kappa shape index (κ3) is 2.87. The number of nitrogens with two attached hydrogens (primary N) is 1. The second-order valence-corrected chi connectivity index (χ2v) is 3.53. The smallest absolute Gasteiger partial charge is 0.166 e. The molecule has 0 aliphatic rings. The normalized spacial score (nSPS) is 9.94. The lowest BCUT2D eigenvalue weighted by Gasteiger charge is -2.08. The van der Waals surface area contributed by atoms with E-state index in [1.807, 2.05) is 24.3 Å². The van der Waals surface area contributed by atoms with Crippen LogP contribution in [0.2, 0.25) is 0 Å². The lowest BCUT2D eigenvalue weighted by molar-refractivity contribution is 0.306. The summed E-state index contributed by atoms with van der Waals surface area (Å²) in [5, 5.41) is 0. The molecule has 0 saturated carbocycles. The number of methoxy groups -OCH3 is 1. The minimum Gasteiger partial charge on any atom is -0.497 e. The summed E-state index contributed by atoms with van der Waals surface area (Å²) >= 11 is 0. The Morgan fingerprint density at radius 3 is 2.88 bits per heavy atom. The summed E-state index contributed by atoms with van der Waals surface area (Å²) in [6.45, 7) is 0.438. The van der Waals surface area contributed by atoms with E-state index in [9.17, 15) is 0 Å². The second kappa shape index (κ2) is 5.21. The fourth-order valence-corrected chi connectivity index (χ4v) is 1.45. The number of hydrogen-bond donors (Lipinski definition) is 1. The van der Waals surface area contributed by atoms with Crippen LogP contribution >= 0.6 is 0 Å². The molecule has 1 aromatic heterocycles. The maximum absolute atomic E-state index is 5.68. The molecule has 0 atom stereocenters. The molecule has 1 heterocycles. The Balaban J connectivity index is 2.05. The number of hydrogen-bond acceptors (Lipinski definition) is 4. The van der Waals surface area contributed by atoms with Crippen LogP contribution < -0.4 is 15.2 Å². The molecule has 0 radical (unpaired) electrons. The molecular weight excluding hydrogens is 216 g/mol. The SMILES string of the molecule is COc1cccc(COc2cccnc2N)c1.